The van der Waals surface area contributed by atoms with Crippen molar-refractivity contribution in [2.75, 3.05) is 13.7 Å². The Balaban J connectivity index is 3.36. The molecule has 0 bridgehead atoms. The Hall–Kier alpha value is -1.06. The van der Waals surface area contributed by atoms with Crippen molar-refractivity contribution in [3.63, 3.8) is 0 Å². The highest BCUT2D eigenvalue weighted by atomic mass is 16.6. The Morgan fingerprint density at radius 1 is 1.89 bits per heavy atom. The molecule has 0 rings (SSSR count). The van der Waals surface area contributed by atoms with E-state index in [1.807, 2.05) is 0 Å². The first-order valence-corrected chi connectivity index (χ1v) is 2.55. The maximum Gasteiger partial charge on any atom is 0.207 e. The summed E-state index contributed by atoms with van der Waals surface area (Å²) < 4.78 is 0. The lowest BCUT2D eigenvalue weighted by Crippen LogP contribution is -2.18. The summed E-state index contributed by atoms with van der Waals surface area (Å²) in [4.78, 5) is 14.1. The predicted octanol–water partition coefficient (Wildman–Crippen LogP) is -0.245. The van der Waals surface area contributed by atoms with Gasteiger partial charge in [-0.15, -0.1) is 0 Å². The highest BCUT2D eigenvalue weighted by Crippen LogP contribution is 1.73. The van der Waals surface area contributed by atoms with E-state index in [1.165, 1.54) is 7.11 Å². The number of rotatable bonds is 4. The molecule has 52 valence electrons. The van der Waals surface area contributed by atoms with Gasteiger partial charge in [-0.3, -0.25) is 4.79 Å². The Labute approximate surface area is 53.9 Å². The molecule has 0 aromatic rings. The number of hydrogen-bond acceptors (Lipinski definition) is 3. The van der Waals surface area contributed by atoms with Crippen molar-refractivity contribution in [1.29, 1.82) is 0 Å². The third-order valence-electron chi connectivity index (χ3n) is 0.688. The van der Waals surface area contributed by atoms with Gasteiger partial charge < -0.3 is 10.2 Å². The van der Waals surface area contributed by atoms with Gasteiger partial charge >= 0.3 is 0 Å². The molecule has 0 unspecified atom stereocenters. The summed E-state index contributed by atoms with van der Waals surface area (Å²) in [5.41, 5.74) is 0.740. The van der Waals surface area contributed by atoms with Crippen molar-refractivity contribution in [1.82, 2.24) is 5.32 Å². The van der Waals surface area contributed by atoms with Crippen LogP contribution in [-0.4, -0.2) is 25.8 Å². The van der Waals surface area contributed by atoms with Crippen molar-refractivity contribution < 1.29 is 9.63 Å². The average molecular weight is 130 g/mol. The summed E-state index contributed by atoms with van der Waals surface area (Å²) in [5, 5.41) is 6.00. The fourth-order valence-corrected chi connectivity index (χ4v) is 0.377. The summed E-state index contributed by atoms with van der Waals surface area (Å²) in [5.74, 6) is 0. The van der Waals surface area contributed by atoms with E-state index in [4.69, 9.17) is 0 Å². The number of nitrogens with zero attached hydrogens (tertiary/aromatic N) is 1. The molecule has 0 aromatic carbocycles. The predicted molar refractivity (Wildman–Crippen MR) is 34.2 cm³/mol. The van der Waals surface area contributed by atoms with Gasteiger partial charge in [0, 0.05) is 0 Å². The summed E-state index contributed by atoms with van der Waals surface area (Å²) >= 11 is 0. The zero-order valence-electron chi connectivity index (χ0n) is 5.55. The largest absolute Gasteiger partial charge is 0.399 e. The molecule has 0 aliphatic rings. The van der Waals surface area contributed by atoms with E-state index in [0.717, 1.165) is 5.71 Å². The summed E-state index contributed by atoms with van der Waals surface area (Å²) in [6, 6.07) is 0. The average Bonchev–Trinajstić information content (AvgIpc) is 1.85. The second-order valence-electron chi connectivity index (χ2n) is 1.51. The molecule has 0 aromatic heterocycles. The molecule has 0 aliphatic carbocycles. The Bertz CT molecular complexity index is 112. The van der Waals surface area contributed by atoms with E-state index < -0.39 is 0 Å². The molecule has 4 nitrogen and oxygen atoms in total. The first-order valence-electron chi connectivity index (χ1n) is 2.55. The van der Waals surface area contributed by atoms with E-state index in [1.54, 1.807) is 6.92 Å². The fraction of sp³-hybridized carbons (Fsp3) is 0.600. The van der Waals surface area contributed by atoms with Crippen molar-refractivity contribution >= 4 is 12.1 Å². The van der Waals surface area contributed by atoms with Crippen LogP contribution in [0.15, 0.2) is 5.16 Å². The van der Waals surface area contributed by atoms with Crippen LogP contribution in [0.25, 0.3) is 0 Å². The van der Waals surface area contributed by atoms with Gasteiger partial charge in [-0.05, 0) is 6.92 Å². The minimum atomic E-state index is 0.442. The van der Waals surface area contributed by atoms with Crippen LogP contribution in [0.4, 0.5) is 0 Å². The third-order valence-corrected chi connectivity index (χ3v) is 0.688. The zero-order valence-corrected chi connectivity index (χ0v) is 5.55. The van der Waals surface area contributed by atoms with Crippen molar-refractivity contribution in [3.05, 3.63) is 0 Å². The van der Waals surface area contributed by atoms with Crippen LogP contribution >= 0.6 is 0 Å². The Morgan fingerprint density at radius 2 is 2.56 bits per heavy atom. The van der Waals surface area contributed by atoms with E-state index >= 15 is 0 Å². The summed E-state index contributed by atoms with van der Waals surface area (Å²) in [6.07, 6.45) is 0.620. The minimum Gasteiger partial charge on any atom is -0.399 e. The molecule has 0 heterocycles. The lowest BCUT2D eigenvalue weighted by molar-refractivity contribution is -0.109. The van der Waals surface area contributed by atoms with Gasteiger partial charge in [-0.1, -0.05) is 5.16 Å². The molecule has 0 saturated carbocycles. The first kappa shape index (κ1) is 7.94. The van der Waals surface area contributed by atoms with Crippen LogP contribution < -0.4 is 5.32 Å². The number of amides is 1. The molecule has 0 fully saturated rings. The molecule has 4 heteroatoms. The molecule has 1 N–H and O–H groups in total. The number of hydrogen-bond donors (Lipinski definition) is 1. The summed E-state index contributed by atoms with van der Waals surface area (Å²) in [6.45, 7) is 2.21. The second-order valence-corrected chi connectivity index (χ2v) is 1.51. The molecule has 0 saturated heterocycles. The van der Waals surface area contributed by atoms with Gasteiger partial charge in [-0.25, -0.2) is 0 Å². The lowest BCUT2D eigenvalue weighted by atomic mass is 10.4. The number of carbonyl (C=O) groups excluding carboxylic acids is 1. The van der Waals surface area contributed by atoms with E-state index in [9.17, 15) is 4.79 Å². The lowest BCUT2D eigenvalue weighted by Gasteiger charge is -1.94. The molecular weight excluding hydrogens is 120 g/mol. The van der Waals surface area contributed by atoms with Crippen LogP contribution in [0.1, 0.15) is 6.92 Å². The smallest absolute Gasteiger partial charge is 0.207 e. The van der Waals surface area contributed by atoms with Crippen molar-refractivity contribution in [2.24, 2.45) is 5.16 Å². The van der Waals surface area contributed by atoms with Crippen LogP contribution in [0.2, 0.25) is 0 Å². The SMILES string of the molecule is CO/N=C(\C)CNC=O. The fourth-order valence-electron chi connectivity index (χ4n) is 0.377. The van der Waals surface area contributed by atoms with Crippen LogP contribution in [0.5, 0.6) is 0 Å². The minimum absolute atomic E-state index is 0.442. The van der Waals surface area contributed by atoms with E-state index in [0.29, 0.717) is 13.0 Å². The van der Waals surface area contributed by atoms with Crippen LogP contribution in [0.3, 0.4) is 0 Å². The second kappa shape index (κ2) is 5.08. The maximum atomic E-state index is 9.71. The van der Waals surface area contributed by atoms with E-state index in [2.05, 4.69) is 15.3 Å². The highest BCUT2D eigenvalue weighted by Gasteiger charge is 1.86. The molecule has 9 heavy (non-hydrogen) atoms. The quantitative estimate of drug-likeness (QED) is 0.324. The molecule has 0 spiro atoms. The van der Waals surface area contributed by atoms with Gasteiger partial charge in [0.2, 0.25) is 6.41 Å². The van der Waals surface area contributed by atoms with Gasteiger partial charge in [0.15, 0.2) is 0 Å². The molecule has 1 amide bonds. The van der Waals surface area contributed by atoms with Crippen molar-refractivity contribution in [2.45, 2.75) is 6.92 Å². The van der Waals surface area contributed by atoms with Crippen LogP contribution in [0, 0.1) is 0 Å². The Morgan fingerprint density at radius 3 is 3.00 bits per heavy atom. The normalized spacial score (nSPS) is 10.7. The first-order chi connectivity index (χ1) is 4.31. The third kappa shape index (κ3) is 4.80. The standard InChI is InChI=1S/C5H10N2O2/c1-5(7-9-2)3-6-4-8/h4H,3H2,1-2H3,(H,6,8)/b7-5+. The molecule has 0 atom stereocenters. The molecule has 0 aliphatic heterocycles. The van der Waals surface area contributed by atoms with Gasteiger partial charge in [-0.2, -0.15) is 0 Å². The number of carbonyl (C=O) groups is 1. The Kier molecular flexibility index (Phi) is 4.49. The summed E-state index contributed by atoms with van der Waals surface area (Å²) in [7, 11) is 1.46. The molecular formula is C5H10N2O2. The van der Waals surface area contributed by atoms with Gasteiger partial charge in [0.25, 0.3) is 0 Å². The van der Waals surface area contributed by atoms with Gasteiger partial charge in [0.1, 0.15) is 7.11 Å². The van der Waals surface area contributed by atoms with Crippen LogP contribution in [-0.2, 0) is 9.63 Å². The molecule has 0 radical (unpaired) electrons. The maximum absolute atomic E-state index is 9.71. The van der Waals surface area contributed by atoms with Crippen molar-refractivity contribution in [3.8, 4) is 0 Å². The van der Waals surface area contributed by atoms with E-state index in [-0.39, 0.29) is 0 Å². The number of nitrogens with one attached hydrogen (secondary N) is 1. The topological polar surface area (TPSA) is 50.7 Å². The monoisotopic (exact) mass is 130 g/mol. The number of oxime groups is 1. The zero-order chi connectivity index (χ0) is 7.11. The highest BCUT2D eigenvalue weighted by molar-refractivity contribution is 5.84. The van der Waals surface area contributed by atoms with Gasteiger partial charge in [0.05, 0.1) is 12.3 Å².